The van der Waals surface area contributed by atoms with Gasteiger partial charge in [-0.25, -0.2) is 4.39 Å². The molecule has 0 saturated carbocycles. The van der Waals surface area contributed by atoms with Crippen LogP contribution in [0.15, 0.2) is 29.3 Å². The standard InChI is InChI=1S/C17H29FN4O/c1-4-19-17(21-12-8-14-23-3)20-11-7-13-22(2)16-10-6-5-9-15(16)18/h5-6,9-10H,4,7-8,11-14H2,1-3H3,(H2,19,20,21). The van der Waals surface area contributed by atoms with Gasteiger partial charge in [-0.05, 0) is 31.9 Å². The van der Waals surface area contributed by atoms with Gasteiger partial charge in [0.25, 0.3) is 0 Å². The number of benzene rings is 1. The molecule has 1 rings (SSSR count). The Balaban J connectivity index is 2.35. The number of hydrogen-bond acceptors (Lipinski definition) is 3. The third-order valence-corrected chi connectivity index (χ3v) is 3.35. The third-order valence-electron chi connectivity index (χ3n) is 3.35. The lowest BCUT2D eigenvalue weighted by Gasteiger charge is -2.19. The topological polar surface area (TPSA) is 48.9 Å². The number of guanidine groups is 1. The van der Waals surface area contributed by atoms with Crippen molar-refractivity contribution in [2.75, 3.05) is 51.8 Å². The predicted octanol–water partition coefficient (Wildman–Crippen LogP) is 2.24. The molecule has 0 unspecified atom stereocenters. The van der Waals surface area contributed by atoms with E-state index in [1.807, 2.05) is 24.9 Å². The normalized spacial score (nSPS) is 11.4. The van der Waals surface area contributed by atoms with Crippen LogP contribution >= 0.6 is 0 Å². The zero-order valence-electron chi connectivity index (χ0n) is 14.4. The fourth-order valence-corrected chi connectivity index (χ4v) is 2.15. The van der Waals surface area contributed by atoms with Crippen LogP contribution in [0.4, 0.5) is 10.1 Å². The smallest absolute Gasteiger partial charge is 0.191 e. The molecule has 6 heteroatoms. The van der Waals surface area contributed by atoms with E-state index in [9.17, 15) is 4.39 Å². The Morgan fingerprint density at radius 1 is 1.26 bits per heavy atom. The number of rotatable bonds is 10. The Labute approximate surface area is 138 Å². The first-order valence-corrected chi connectivity index (χ1v) is 8.15. The molecule has 0 fully saturated rings. The molecule has 0 atom stereocenters. The number of halogens is 1. The summed E-state index contributed by atoms with van der Waals surface area (Å²) in [6.07, 6.45) is 1.80. The fraction of sp³-hybridized carbons (Fsp3) is 0.588. The number of aliphatic imine (C=N–C) groups is 1. The number of hydrogen-bond donors (Lipinski definition) is 2. The van der Waals surface area contributed by atoms with Gasteiger partial charge < -0.3 is 20.3 Å². The van der Waals surface area contributed by atoms with Crippen molar-refractivity contribution in [3.8, 4) is 0 Å². The largest absolute Gasteiger partial charge is 0.385 e. The Morgan fingerprint density at radius 3 is 2.74 bits per heavy atom. The zero-order chi connectivity index (χ0) is 16.9. The van der Waals surface area contributed by atoms with Crippen molar-refractivity contribution >= 4 is 11.6 Å². The van der Waals surface area contributed by atoms with Crippen molar-refractivity contribution in [3.05, 3.63) is 30.1 Å². The van der Waals surface area contributed by atoms with Crippen molar-refractivity contribution in [2.24, 2.45) is 4.99 Å². The zero-order valence-corrected chi connectivity index (χ0v) is 14.4. The second kappa shape index (κ2) is 11.7. The van der Waals surface area contributed by atoms with Crippen LogP contribution in [0.1, 0.15) is 19.8 Å². The van der Waals surface area contributed by atoms with E-state index in [2.05, 4.69) is 15.6 Å². The van der Waals surface area contributed by atoms with Crippen molar-refractivity contribution in [2.45, 2.75) is 19.8 Å². The summed E-state index contributed by atoms with van der Waals surface area (Å²) < 4.78 is 18.7. The summed E-state index contributed by atoms with van der Waals surface area (Å²) in [5, 5.41) is 6.48. The highest BCUT2D eigenvalue weighted by Gasteiger charge is 2.05. The minimum Gasteiger partial charge on any atom is -0.385 e. The van der Waals surface area contributed by atoms with E-state index in [1.54, 1.807) is 19.2 Å². The van der Waals surface area contributed by atoms with Gasteiger partial charge in [-0.3, -0.25) is 4.99 Å². The average Bonchev–Trinajstić information content (AvgIpc) is 2.55. The molecule has 1 aromatic rings. The maximum absolute atomic E-state index is 13.7. The van der Waals surface area contributed by atoms with Crippen molar-refractivity contribution in [3.63, 3.8) is 0 Å². The molecule has 0 heterocycles. The van der Waals surface area contributed by atoms with Crippen LogP contribution in [0.2, 0.25) is 0 Å². The van der Waals surface area contributed by atoms with Crippen molar-refractivity contribution in [1.82, 2.24) is 10.6 Å². The van der Waals surface area contributed by atoms with Crippen LogP contribution in [0.5, 0.6) is 0 Å². The van der Waals surface area contributed by atoms with E-state index < -0.39 is 0 Å². The number of methoxy groups -OCH3 is 1. The molecule has 0 spiro atoms. The van der Waals surface area contributed by atoms with Gasteiger partial charge in [0.15, 0.2) is 5.96 Å². The van der Waals surface area contributed by atoms with E-state index >= 15 is 0 Å². The SMILES string of the molecule is CCNC(=NCCCN(C)c1ccccc1F)NCCCOC. The minimum absolute atomic E-state index is 0.188. The maximum Gasteiger partial charge on any atom is 0.191 e. The molecule has 0 aliphatic carbocycles. The monoisotopic (exact) mass is 324 g/mol. The summed E-state index contributed by atoms with van der Waals surface area (Å²) in [4.78, 5) is 6.45. The molecule has 0 bridgehead atoms. The molecular weight excluding hydrogens is 295 g/mol. The quantitative estimate of drug-likeness (QED) is 0.394. The molecule has 0 aromatic heterocycles. The summed E-state index contributed by atoms with van der Waals surface area (Å²) in [6.45, 7) is 5.88. The van der Waals surface area contributed by atoms with Gasteiger partial charge in [0.2, 0.25) is 0 Å². The first kappa shape index (κ1) is 19.2. The molecule has 2 N–H and O–H groups in total. The van der Waals surface area contributed by atoms with Gasteiger partial charge in [0.05, 0.1) is 5.69 Å². The summed E-state index contributed by atoms with van der Waals surface area (Å²) in [5.74, 6) is 0.629. The number of nitrogens with zero attached hydrogens (tertiary/aromatic N) is 2. The number of para-hydroxylation sites is 1. The van der Waals surface area contributed by atoms with E-state index in [4.69, 9.17) is 4.74 Å². The van der Waals surface area contributed by atoms with E-state index in [0.29, 0.717) is 12.2 Å². The average molecular weight is 324 g/mol. The lowest BCUT2D eigenvalue weighted by Crippen LogP contribution is -2.38. The van der Waals surface area contributed by atoms with E-state index in [0.717, 1.165) is 45.0 Å². The number of anilines is 1. The van der Waals surface area contributed by atoms with Crippen LogP contribution in [0.3, 0.4) is 0 Å². The van der Waals surface area contributed by atoms with Crippen LogP contribution in [-0.4, -0.2) is 52.9 Å². The number of ether oxygens (including phenoxy) is 1. The molecule has 130 valence electrons. The fourth-order valence-electron chi connectivity index (χ4n) is 2.15. The summed E-state index contributed by atoms with van der Waals surface area (Å²) >= 11 is 0. The Bertz CT molecular complexity index is 468. The van der Waals surface area contributed by atoms with Crippen LogP contribution in [0, 0.1) is 5.82 Å². The van der Waals surface area contributed by atoms with E-state index in [-0.39, 0.29) is 5.82 Å². The predicted molar refractivity (Wildman–Crippen MR) is 94.8 cm³/mol. The highest BCUT2D eigenvalue weighted by atomic mass is 19.1. The molecule has 1 aromatic carbocycles. The summed E-state index contributed by atoms with van der Waals surface area (Å²) in [5.41, 5.74) is 0.626. The van der Waals surface area contributed by atoms with E-state index in [1.165, 1.54) is 6.07 Å². The molecular formula is C17H29FN4O. The van der Waals surface area contributed by atoms with Crippen molar-refractivity contribution < 1.29 is 9.13 Å². The van der Waals surface area contributed by atoms with Gasteiger partial charge in [-0.2, -0.15) is 0 Å². The first-order valence-electron chi connectivity index (χ1n) is 8.15. The van der Waals surface area contributed by atoms with Crippen LogP contribution < -0.4 is 15.5 Å². The summed E-state index contributed by atoms with van der Waals surface area (Å²) in [6, 6.07) is 6.83. The van der Waals surface area contributed by atoms with Crippen molar-refractivity contribution in [1.29, 1.82) is 0 Å². The second-order valence-electron chi connectivity index (χ2n) is 5.26. The lowest BCUT2D eigenvalue weighted by atomic mass is 10.2. The molecule has 0 aliphatic rings. The maximum atomic E-state index is 13.7. The lowest BCUT2D eigenvalue weighted by molar-refractivity contribution is 0.195. The molecule has 0 saturated heterocycles. The minimum atomic E-state index is -0.188. The highest BCUT2D eigenvalue weighted by molar-refractivity contribution is 5.79. The summed E-state index contributed by atoms with van der Waals surface area (Å²) in [7, 11) is 3.60. The molecule has 0 aliphatic heterocycles. The Hall–Kier alpha value is -1.82. The van der Waals surface area contributed by atoms with Gasteiger partial charge in [-0.1, -0.05) is 12.1 Å². The van der Waals surface area contributed by atoms with Crippen LogP contribution in [-0.2, 0) is 4.74 Å². The van der Waals surface area contributed by atoms with Gasteiger partial charge in [-0.15, -0.1) is 0 Å². The Morgan fingerprint density at radius 2 is 2.04 bits per heavy atom. The van der Waals surface area contributed by atoms with Gasteiger partial charge >= 0.3 is 0 Å². The van der Waals surface area contributed by atoms with Gasteiger partial charge in [0.1, 0.15) is 5.82 Å². The van der Waals surface area contributed by atoms with Gasteiger partial charge in [0, 0.05) is 46.9 Å². The van der Waals surface area contributed by atoms with Crippen LogP contribution in [0.25, 0.3) is 0 Å². The first-order chi connectivity index (χ1) is 11.2. The molecule has 23 heavy (non-hydrogen) atoms. The highest BCUT2D eigenvalue weighted by Crippen LogP contribution is 2.16. The second-order valence-corrected chi connectivity index (χ2v) is 5.26. The molecule has 5 nitrogen and oxygen atoms in total. The number of nitrogens with one attached hydrogen (secondary N) is 2. The molecule has 0 amide bonds. The third kappa shape index (κ3) is 7.83. The molecule has 0 radical (unpaired) electrons. The Kier molecular flexibility index (Phi) is 9.79.